The van der Waals surface area contributed by atoms with Gasteiger partial charge < -0.3 is 0 Å². The van der Waals surface area contributed by atoms with Gasteiger partial charge >= 0.3 is 0 Å². The van der Waals surface area contributed by atoms with Crippen LogP contribution in [0, 0.1) is 0 Å². The lowest BCUT2D eigenvalue weighted by Crippen LogP contribution is -2.26. The molecule has 0 aliphatic carbocycles. The molecule has 74 valence electrons. The van der Waals surface area contributed by atoms with E-state index >= 15 is 0 Å². The van der Waals surface area contributed by atoms with Crippen LogP contribution in [0.2, 0.25) is 0 Å². The summed E-state index contributed by atoms with van der Waals surface area (Å²) in [6.45, 7) is 0. The van der Waals surface area contributed by atoms with Crippen molar-refractivity contribution in [3.8, 4) is 0 Å². The summed E-state index contributed by atoms with van der Waals surface area (Å²) in [5.74, 6) is 0. The van der Waals surface area contributed by atoms with Gasteiger partial charge in [-0.25, -0.2) is 27.1 Å². The van der Waals surface area contributed by atoms with E-state index in [0.29, 0.717) is 0 Å². The number of hydrogen-bond acceptors (Lipinski definition) is 5. The van der Waals surface area contributed by atoms with Crippen molar-refractivity contribution in [3.05, 3.63) is 0 Å². The molecule has 0 aromatic heterocycles. The molecule has 0 saturated carbocycles. The van der Waals surface area contributed by atoms with Crippen molar-refractivity contribution in [1.29, 1.82) is 0 Å². The molecule has 0 aliphatic heterocycles. The first-order valence-electron chi connectivity index (χ1n) is 2.46. The summed E-state index contributed by atoms with van der Waals surface area (Å²) in [5.41, 5.74) is 0. The highest BCUT2D eigenvalue weighted by molar-refractivity contribution is 8.10. The van der Waals surface area contributed by atoms with E-state index in [1.54, 1.807) is 0 Å². The molecule has 0 atom stereocenters. The molecule has 0 heterocycles. The average Bonchev–Trinajstić information content (AvgIpc) is 1.49. The standard InChI is InChI=1S/C2H8N2O5S3/c3-11(6,7)1-10(5)2-12(4,8)9/h1-2H2,(H2,3,6,7)(H2,4,8,9). The van der Waals surface area contributed by atoms with Gasteiger partial charge in [-0.3, -0.25) is 4.21 Å². The Morgan fingerprint density at radius 2 is 1.17 bits per heavy atom. The topological polar surface area (TPSA) is 137 Å². The third-order valence-electron chi connectivity index (χ3n) is 0.591. The number of primary sulfonamides is 2. The van der Waals surface area contributed by atoms with E-state index in [-0.39, 0.29) is 0 Å². The van der Waals surface area contributed by atoms with Crippen molar-refractivity contribution < 1.29 is 21.0 Å². The molecule has 0 spiro atoms. The number of rotatable bonds is 4. The Hall–Kier alpha value is -0.0300. The Morgan fingerprint density at radius 1 is 0.917 bits per heavy atom. The molecule has 0 saturated heterocycles. The number of hydrogen-bond donors (Lipinski definition) is 2. The maximum Gasteiger partial charge on any atom is 0.221 e. The summed E-state index contributed by atoms with van der Waals surface area (Å²) in [5, 5.41) is 7.20. The van der Waals surface area contributed by atoms with Crippen LogP contribution >= 0.6 is 0 Å². The molecule has 0 aromatic rings. The molecule has 0 rings (SSSR count). The van der Waals surface area contributed by atoms with Gasteiger partial charge in [-0.05, 0) is 0 Å². The largest absolute Gasteiger partial charge is 0.257 e. The van der Waals surface area contributed by atoms with E-state index in [1.165, 1.54) is 0 Å². The zero-order valence-electron chi connectivity index (χ0n) is 5.83. The molecule has 7 nitrogen and oxygen atoms in total. The van der Waals surface area contributed by atoms with E-state index in [4.69, 9.17) is 0 Å². The second-order valence-electron chi connectivity index (χ2n) is 2.00. The molecule has 0 fully saturated rings. The lowest BCUT2D eigenvalue weighted by Gasteiger charge is -1.97. The monoisotopic (exact) mass is 236 g/mol. The summed E-state index contributed by atoms with van der Waals surface area (Å²) < 4.78 is 51.8. The van der Waals surface area contributed by atoms with Crippen molar-refractivity contribution in [1.82, 2.24) is 0 Å². The Kier molecular flexibility index (Phi) is 3.78. The zero-order chi connectivity index (χ0) is 9.99. The van der Waals surface area contributed by atoms with Gasteiger partial charge in [-0.2, -0.15) is 0 Å². The second-order valence-corrected chi connectivity index (χ2v) is 7.42. The van der Waals surface area contributed by atoms with Crippen LogP contribution in [-0.4, -0.2) is 31.2 Å². The highest BCUT2D eigenvalue weighted by Crippen LogP contribution is 1.90. The van der Waals surface area contributed by atoms with Crippen LogP contribution in [-0.2, 0) is 30.8 Å². The minimum absolute atomic E-state index is 0.899. The first-order valence-corrected chi connectivity index (χ1v) is 7.38. The molecule has 0 radical (unpaired) electrons. The van der Waals surface area contributed by atoms with Crippen LogP contribution in [0.5, 0.6) is 0 Å². The highest BCUT2D eigenvalue weighted by Gasteiger charge is 2.15. The molecule has 0 aromatic carbocycles. The van der Waals surface area contributed by atoms with E-state index in [0.717, 1.165) is 0 Å². The molecule has 0 aliphatic rings. The van der Waals surface area contributed by atoms with Crippen LogP contribution in [0.25, 0.3) is 0 Å². The van der Waals surface area contributed by atoms with Gasteiger partial charge in [0.15, 0.2) is 0 Å². The summed E-state index contributed by atoms with van der Waals surface area (Å²) in [7, 11) is -9.92. The third kappa shape index (κ3) is 8.07. The van der Waals surface area contributed by atoms with Crippen LogP contribution in [0.3, 0.4) is 0 Å². The van der Waals surface area contributed by atoms with Crippen molar-refractivity contribution >= 4 is 30.8 Å². The van der Waals surface area contributed by atoms with Gasteiger partial charge in [-0.15, -0.1) is 0 Å². The summed E-state index contributed by atoms with van der Waals surface area (Å²) in [6, 6.07) is 0. The second kappa shape index (κ2) is 3.79. The molecule has 0 bridgehead atoms. The smallest absolute Gasteiger partial charge is 0.221 e. The molecular weight excluding hydrogens is 228 g/mol. The van der Waals surface area contributed by atoms with Crippen LogP contribution in [0.4, 0.5) is 0 Å². The van der Waals surface area contributed by atoms with Crippen molar-refractivity contribution in [2.75, 3.05) is 10.2 Å². The number of nitrogens with two attached hydrogens (primary N) is 2. The minimum Gasteiger partial charge on any atom is -0.257 e. The average molecular weight is 236 g/mol. The van der Waals surface area contributed by atoms with Crippen molar-refractivity contribution in [3.63, 3.8) is 0 Å². The molecule has 4 N–H and O–H groups in total. The SMILES string of the molecule is NS(=O)(=O)CS(=O)CS(N)(=O)=O. The van der Waals surface area contributed by atoms with E-state index in [9.17, 15) is 21.0 Å². The molecule has 0 unspecified atom stereocenters. The Morgan fingerprint density at radius 3 is 1.33 bits per heavy atom. The van der Waals surface area contributed by atoms with Crippen molar-refractivity contribution in [2.24, 2.45) is 10.3 Å². The van der Waals surface area contributed by atoms with E-state index in [1.807, 2.05) is 0 Å². The maximum absolute atomic E-state index is 10.7. The molecule has 12 heavy (non-hydrogen) atoms. The third-order valence-corrected chi connectivity index (χ3v) is 5.32. The normalized spacial score (nSPS) is 13.6. The Labute approximate surface area is 72.7 Å². The molecular formula is C2H8N2O5S3. The predicted octanol–water partition coefficient (Wildman–Crippen LogP) is -2.77. The van der Waals surface area contributed by atoms with Gasteiger partial charge in [0.1, 0.15) is 10.2 Å². The lowest BCUT2D eigenvalue weighted by atomic mass is 11.9. The summed E-state index contributed by atoms with van der Waals surface area (Å²) >= 11 is 0. The fourth-order valence-corrected chi connectivity index (χ4v) is 4.22. The first-order chi connectivity index (χ1) is 5.10. The maximum atomic E-state index is 10.7. The van der Waals surface area contributed by atoms with Gasteiger partial charge in [0.25, 0.3) is 0 Å². The number of sulfonamides is 2. The van der Waals surface area contributed by atoms with Gasteiger partial charge in [0.2, 0.25) is 20.0 Å². The quantitative estimate of drug-likeness (QED) is 0.544. The fourth-order valence-electron chi connectivity index (χ4n) is 0.400. The molecule has 10 heteroatoms. The van der Waals surface area contributed by atoms with Gasteiger partial charge in [0.05, 0.1) is 10.8 Å². The van der Waals surface area contributed by atoms with Gasteiger partial charge in [0, 0.05) is 0 Å². The van der Waals surface area contributed by atoms with E-state index in [2.05, 4.69) is 10.3 Å². The molecule has 0 amide bonds. The zero-order valence-corrected chi connectivity index (χ0v) is 8.28. The minimum atomic E-state index is -3.92. The highest BCUT2D eigenvalue weighted by atomic mass is 32.3. The predicted molar refractivity (Wildman–Crippen MR) is 44.1 cm³/mol. The van der Waals surface area contributed by atoms with Gasteiger partial charge in [-0.1, -0.05) is 0 Å². The first kappa shape index (κ1) is 12.0. The van der Waals surface area contributed by atoms with Crippen LogP contribution < -0.4 is 10.3 Å². The van der Waals surface area contributed by atoms with E-state index < -0.39 is 41.0 Å². The lowest BCUT2D eigenvalue weighted by molar-refractivity contribution is 0.601. The van der Waals surface area contributed by atoms with Crippen LogP contribution in [0.15, 0.2) is 0 Å². The fraction of sp³-hybridized carbons (Fsp3) is 1.00. The van der Waals surface area contributed by atoms with Crippen LogP contribution in [0.1, 0.15) is 0 Å². The summed E-state index contributed by atoms with van der Waals surface area (Å²) in [6.07, 6.45) is 0. The summed E-state index contributed by atoms with van der Waals surface area (Å²) in [4.78, 5) is 0. The Balaban J connectivity index is 4.30. The van der Waals surface area contributed by atoms with Crippen molar-refractivity contribution in [2.45, 2.75) is 0 Å². The Bertz CT molecular complexity index is 329.